The number of likely N-dealkylation sites (tertiary alicyclic amines) is 1. The third-order valence-corrected chi connectivity index (χ3v) is 4.08. The minimum atomic E-state index is 0.00447. The average Bonchev–Trinajstić information content (AvgIpc) is 3.14. The van der Waals surface area contributed by atoms with Crippen LogP contribution in [0.15, 0.2) is 48.5 Å². The number of ether oxygens (including phenoxy) is 1. The van der Waals surface area contributed by atoms with Crippen LogP contribution >= 0.6 is 0 Å². The molecule has 0 aromatic heterocycles. The summed E-state index contributed by atoms with van der Waals surface area (Å²) < 4.78 is 5.73. The number of carbonyl (C=O) groups is 1. The van der Waals surface area contributed by atoms with Gasteiger partial charge in [0.25, 0.3) is 5.91 Å². The fraction of sp³-hybridized carbons (Fsp3) is 0.316. The fourth-order valence-electron chi connectivity index (χ4n) is 2.75. The third kappa shape index (κ3) is 3.90. The first-order chi connectivity index (χ1) is 11.3. The Labute approximate surface area is 136 Å². The molecule has 1 N–H and O–H groups in total. The van der Waals surface area contributed by atoms with Gasteiger partial charge in [0, 0.05) is 18.7 Å². The molecule has 0 bridgehead atoms. The summed E-state index contributed by atoms with van der Waals surface area (Å²) in [5.41, 5.74) is 2.57. The molecule has 4 nitrogen and oxygen atoms in total. The Bertz CT molecular complexity index is 661. The van der Waals surface area contributed by atoms with Gasteiger partial charge < -0.3 is 14.7 Å². The largest absolute Gasteiger partial charge is 0.489 e. The average molecular weight is 311 g/mol. The van der Waals surface area contributed by atoms with Crippen molar-refractivity contribution in [3.8, 4) is 5.75 Å². The number of rotatable bonds is 5. The summed E-state index contributed by atoms with van der Waals surface area (Å²) in [6.07, 6.45) is 2.20. The van der Waals surface area contributed by atoms with Crippen LogP contribution in [0.25, 0.3) is 0 Å². The molecule has 0 unspecified atom stereocenters. The Hall–Kier alpha value is -2.33. The van der Waals surface area contributed by atoms with Gasteiger partial charge in [-0.15, -0.1) is 0 Å². The molecule has 0 saturated carbocycles. The second-order valence-corrected chi connectivity index (χ2v) is 5.79. The zero-order chi connectivity index (χ0) is 16.1. The van der Waals surface area contributed by atoms with Crippen molar-refractivity contribution in [3.63, 3.8) is 0 Å². The molecule has 3 rings (SSSR count). The Balaban J connectivity index is 1.59. The summed E-state index contributed by atoms with van der Waals surface area (Å²) >= 11 is 0. The fourth-order valence-corrected chi connectivity index (χ4v) is 2.75. The maximum absolute atomic E-state index is 12.3. The van der Waals surface area contributed by atoms with Crippen molar-refractivity contribution >= 4 is 5.91 Å². The van der Waals surface area contributed by atoms with Gasteiger partial charge in [0.1, 0.15) is 12.4 Å². The standard InChI is InChI=1S/C19H21NO3/c21-13-16-4-3-5-18(12-16)23-14-15-6-8-17(9-7-15)19(22)20-10-1-2-11-20/h3-9,12,21H,1-2,10-11,13-14H2. The third-order valence-electron chi connectivity index (χ3n) is 4.08. The van der Waals surface area contributed by atoms with Crippen LogP contribution in [-0.2, 0) is 13.2 Å². The summed E-state index contributed by atoms with van der Waals surface area (Å²) in [6.45, 7) is 2.17. The lowest BCUT2D eigenvalue weighted by atomic mass is 10.1. The van der Waals surface area contributed by atoms with E-state index >= 15 is 0 Å². The van der Waals surface area contributed by atoms with E-state index in [1.54, 1.807) is 0 Å². The predicted molar refractivity (Wildman–Crippen MR) is 88.3 cm³/mol. The number of aliphatic hydroxyl groups excluding tert-OH is 1. The van der Waals surface area contributed by atoms with Crippen LogP contribution < -0.4 is 4.74 Å². The first-order valence-electron chi connectivity index (χ1n) is 7.97. The quantitative estimate of drug-likeness (QED) is 0.923. The highest BCUT2D eigenvalue weighted by Gasteiger charge is 2.19. The molecular formula is C19H21NO3. The van der Waals surface area contributed by atoms with Gasteiger partial charge in [-0.3, -0.25) is 4.79 Å². The highest BCUT2D eigenvalue weighted by molar-refractivity contribution is 5.94. The Kier molecular flexibility index (Phi) is 4.93. The zero-order valence-electron chi connectivity index (χ0n) is 13.1. The Morgan fingerprint density at radius 1 is 1.04 bits per heavy atom. The first-order valence-corrected chi connectivity index (χ1v) is 7.97. The minimum Gasteiger partial charge on any atom is -0.489 e. The molecule has 2 aromatic carbocycles. The zero-order valence-corrected chi connectivity index (χ0v) is 13.1. The number of hydrogen-bond acceptors (Lipinski definition) is 3. The van der Waals surface area contributed by atoms with E-state index in [2.05, 4.69) is 0 Å². The van der Waals surface area contributed by atoms with E-state index < -0.39 is 0 Å². The number of aliphatic hydroxyl groups is 1. The summed E-state index contributed by atoms with van der Waals surface area (Å²) in [6, 6.07) is 15.0. The van der Waals surface area contributed by atoms with Gasteiger partial charge in [0.15, 0.2) is 0 Å². The molecule has 23 heavy (non-hydrogen) atoms. The van der Waals surface area contributed by atoms with E-state index in [1.807, 2.05) is 53.4 Å². The molecule has 1 saturated heterocycles. The van der Waals surface area contributed by atoms with Gasteiger partial charge in [-0.05, 0) is 48.2 Å². The summed E-state index contributed by atoms with van der Waals surface area (Å²) in [5.74, 6) is 0.847. The molecule has 0 radical (unpaired) electrons. The lowest BCUT2D eigenvalue weighted by Crippen LogP contribution is -2.27. The van der Waals surface area contributed by atoms with Crippen LogP contribution in [0.2, 0.25) is 0 Å². The highest BCUT2D eigenvalue weighted by atomic mass is 16.5. The molecule has 1 aliphatic rings. The minimum absolute atomic E-state index is 0.00447. The molecular weight excluding hydrogens is 290 g/mol. The van der Waals surface area contributed by atoms with Crippen molar-refractivity contribution in [2.75, 3.05) is 13.1 Å². The molecule has 1 fully saturated rings. The molecule has 4 heteroatoms. The first kappa shape index (κ1) is 15.6. The second-order valence-electron chi connectivity index (χ2n) is 5.79. The lowest BCUT2D eigenvalue weighted by Gasteiger charge is -2.15. The van der Waals surface area contributed by atoms with Crippen molar-refractivity contribution in [3.05, 3.63) is 65.2 Å². The van der Waals surface area contributed by atoms with Crippen molar-refractivity contribution in [1.29, 1.82) is 0 Å². The van der Waals surface area contributed by atoms with Crippen LogP contribution in [0.4, 0.5) is 0 Å². The number of carbonyl (C=O) groups excluding carboxylic acids is 1. The SMILES string of the molecule is O=C(c1ccc(COc2cccc(CO)c2)cc1)N1CCCC1. The van der Waals surface area contributed by atoms with Gasteiger partial charge >= 0.3 is 0 Å². The Morgan fingerprint density at radius 3 is 2.48 bits per heavy atom. The number of nitrogens with zero attached hydrogens (tertiary/aromatic N) is 1. The monoisotopic (exact) mass is 311 g/mol. The van der Waals surface area contributed by atoms with E-state index in [1.165, 1.54) is 0 Å². The number of benzene rings is 2. The van der Waals surface area contributed by atoms with Gasteiger partial charge in [0.2, 0.25) is 0 Å². The topological polar surface area (TPSA) is 49.8 Å². The number of hydrogen-bond donors (Lipinski definition) is 1. The predicted octanol–water partition coefficient (Wildman–Crippen LogP) is 2.99. The summed E-state index contributed by atoms with van der Waals surface area (Å²) in [7, 11) is 0. The van der Waals surface area contributed by atoms with E-state index in [0.29, 0.717) is 6.61 Å². The maximum Gasteiger partial charge on any atom is 0.253 e. The van der Waals surface area contributed by atoms with Gasteiger partial charge in [0.05, 0.1) is 6.61 Å². The molecule has 0 spiro atoms. The molecule has 120 valence electrons. The second kappa shape index (κ2) is 7.29. The van der Waals surface area contributed by atoms with Gasteiger partial charge in [-0.25, -0.2) is 0 Å². The smallest absolute Gasteiger partial charge is 0.253 e. The molecule has 1 aliphatic heterocycles. The van der Waals surface area contributed by atoms with Gasteiger partial charge in [-0.1, -0.05) is 24.3 Å². The van der Waals surface area contributed by atoms with Crippen LogP contribution in [0.1, 0.15) is 34.3 Å². The van der Waals surface area contributed by atoms with Crippen molar-refractivity contribution in [2.24, 2.45) is 0 Å². The van der Waals surface area contributed by atoms with Crippen molar-refractivity contribution in [2.45, 2.75) is 26.1 Å². The van der Waals surface area contributed by atoms with Crippen molar-refractivity contribution < 1.29 is 14.6 Å². The molecule has 1 amide bonds. The van der Waals surface area contributed by atoms with E-state index in [9.17, 15) is 4.79 Å². The van der Waals surface area contributed by atoms with E-state index in [4.69, 9.17) is 9.84 Å². The normalized spacial score (nSPS) is 14.0. The molecule has 1 heterocycles. The highest BCUT2D eigenvalue weighted by Crippen LogP contribution is 2.17. The van der Waals surface area contributed by atoms with Crippen LogP contribution in [0.3, 0.4) is 0 Å². The molecule has 0 atom stereocenters. The van der Waals surface area contributed by atoms with Crippen LogP contribution in [0, 0.1) is 0 Å². The van der Waals surface area contributed by atoms with Gasteiger partial charge in [-0.2, -0.15) is 0 Å². The lowest BCUT2D eigenvalue weighted by molar-refractivity contribution is 0.0793. The number of amides is 1. The summed E-state index contributed by atoms with van der Waals surface area (Å²) in [5, 5.41) is 9.13. The van der Waals surface area contributed by atoms with Crippen molar-refractivity contribution in [1.82, 2.24) is 4.90 Å². The van der Waals surface area contributed by atoms with Crippen LogP contribution in [0.5, 0.6) is 5.75 Å². The Morgan fingerprint density at radius 2 is 1.78 bits per heavy atom. The van der Waals surface area contributed by atoms with Crippen LogP contribution in [-0.4, -0.2) is 29.0 Å². The van der Waals surface area contributed by atoms with E-state index in [-0.39, 0.29) is 12.5 Å². The molecule has 2 aromatic rings. The summed E-state index contributed by atoms with van der Waals surface area (Å²) in [4.78, 5) is 14.2. The molecule has 0 aliphatic carbocycles. The van der Waals surface area contributed by atoms with E-state index in [0.717, 1.165) is 48.4 Å². The maximum atomic E-state index is 12.3.